The number of carbonyl (C=O) groups excluding carboxylic acids is 1. The van der Waals surface area contributed by atoms with Crippen molar-refractivity contribution in [3.05, 3.63) is 47.8 Å². The smallest absolute Gasteiger partial charge is 0.258 e. The van der Waals surface area contributed by atoms with E-state index < -0.39 is 0 Å². The second-order valence-electron chi connectivity index (χ2n) is 6.17. The largest absolute Gasteiger partial charge is 0.355 e. The molecule has 0 bridgehead atoms. The highest BCUT2D eigenvalue weighted by molar-refractivity contribution is 6.03. The van der Waals surface area contributed by atoms with Gasteiger partial charge in [-0.05, 0) is 51.2 Å². The summed E-state index contributed by atoms with van der Waals surface area (Å²) in [5.41, 5.74) is 1.40. The van der Waals surface area contributed by atoms with Gasteiger partial charge in [0.05, 0.1) is 5.56 Å². The molecular formula is C18H23N5O. The van der Waals surface area contributed by atoms with E-state index in [1.54, 1.807) is 12.3 Å². The average molecular weight is 325 g/mol. The zero-order valence-electron chi connectivity index (χ0n) is 14.2. The number of nitrogens with zero attached hydrogens (tertiary/aromatic N) is 4. The van der Waals surface area contributed by atoms with Crippen molar-refractivity contribution < 1.29 is 4.79 Å². The van der Waals surface area contributed by atoms with E-state index >= 15 is 0 Å². The molecular weight excluding hydrogens is 302 g/mol. The number of hydrogen-bond acceptors (Lipinski definition) is 5. The summed E-state index contributed by atoms with van der Waals surface area (Å²) >= 11 is 0. The van der Waals surface area contributed by atoms with Crippen LogP contribution in [0.3, 0.4) is 0 Å². The molecule has 0 radical (unpaired) electrons. The molecule has 24 heavy (non-hydrogen) atoms. The Balaban J connectivity index is 1.66. The molecule has 1 fully saturated rings. The molecule has 2 aromatic heterocycles. The first-order valence-corrected chi connectivity index (χ1v) is 8.26. The maximum Gasteiger partial charge on any atom is 0.258 e. The molecule has 3 rings (SSSR count). The SMILES string of the molecule is Cc1cccc(NC(=O)c2ccc(N3CCCN(C)CC3)nc2)n1. The number of amides is 1. The van der Waals surface area contributed by atoms with Gasteiger partial charge < -0.3 is 15.1 Å². The Kier molecular flexibility index (Phi) is 5.05. The number of aryl methyl sites for hydroxylation is 1. The second kappa shape index (κ2) is 7.40. The predicted molar refractivity (Wildman–Crippen MR) is 95.5 cm³/mol. The van der Waals surface area contributed by atoms with Crippen molar-refractivity contribution >= 4 is 17.5 Å². The van der Waals surface area contributed by atoms with Gasteiger partial charge in [-0.2, -0.15) is 0 Å². The number of likely N-dealkylation sites (N-methyl/N-ethyl adjacent to an activating group) is 1. The van der Waals surface area contributed by atoms with Crippen molar-refractivity contribution in [1.29, 1.82) is 0 Å². The van der Waals surface area contributed by atoms with E-state index in [1.807, 2.05) is 31.2 Å². The first-order valence-electron chi connectivity index (χ1n) is 8.26. The normalized spacial score (nSPS) is 15.8. The molecule has 0 unspecified atom stereocenters. The van der Waals surface area contributed by atoms with Gasteiger partial charge in [-0.1, -0.05) is 6.07 Å². The number of pyridine rings is 2. The molecule has 2 aromatic rings. The third-order valence-electron chi connectivity index (χ3n) is 4.18. The summed E-state index contributed by atoms with van der Waals surface area (Å²) in [7, 11) is 2.14. The van der Waals surface area contributed by atoms with Gasteiger partial charge in [0.25, 0.3) is 5.91 Å². The van der Waals surface area contributed by atoms with Crippen LogP contribution in [0, 0.1) is 6.92 Å². The summed E-state index contributed by atoms with van der Waals surface area (Å²) in [5, 5.41) is 2.80. The lowest BCUT2D eigenvalue weighted by molar-refractivity contribution is 0.102. The van der Waals surface area contributed by atoms with E-state index in [0.717, 1.165) is 44.1 Å². The Morgan fingerprint density at radius 3 is 2.75 bits per heavy atom. The number of rotatable bonds is 3. The first-order chi connectivity index (χ1) is 11.6. The number of nitrogens with one attached hydrogen (secondary N) is 1. The average Bonchev–Trinajstić information content (AvgIpc) is 2.80. The lowest BCUT2D eigenvalue weighted by atomic mass is 10.2. The fraction of sp³-hybridized carbons (Fsp3) is 0.389. The van der Waals surface area contributed by atoms with E-state index in [1.165, 1.54) is 0 Å². The van der Waals surface area contributed by atoms with Crippen LogP contribution in [0.5, 0.6) is 0 Å². The van der Waals surface area contributed by atoms with Crippen molar-refractivity contribution in [2.24, 2.45) is 0 Å². The van der Waals surface area contributed by atoms with Crippen LogP contribution in [-0.2, 0) is 0 Å². The highest BCUT2D eigenvalue weighted by Crippen LogP contribution is 2.15. The molecule has 126 valence electrons. The highest BCUT2D eigenvalue weighted by Gasteiger charge is 2.14. The molecule has 1 N–H and O–H groups in total. The Labute approximate surface area is 142 Å². The molecule has 0 aliphatic carbocycles. The molecule has 6 nitrogen and oxygen atoms in total. The molecule has 1 amide bonds. The van der Waals surface area contributed by atoms with E-state index in [4.69, 9.17) is 0 Å². The molecule has 0 saturated carbocycles. The number of hydrogen-bond donors (Lipinski definition) is 1. The van der Waals surface area contributed by atoms with Gasteiger partial charge in [-0.3, -0.25) is 4.79 Å². The Morgan fingerprint density at radius 1 is 1.12 bits per heavy atom. The van der Waals surface area contributed by atoms with E-state index in [0.29, 0.717) is 11.4 Å². The molecule has 0 aromatic carbocycles. The summed E-state index contributed by atoms with van der Waals surface area (Å²) < 4.78 is 0. The number of carbonyl (C=O) groups is 1. The van der Waals surface area contributed by atoms with Gasteiger partial charge in [-0.25, -0.2) is 9.97 Å². The lowest BCUT2D eigenvalue weighted by Crippen LogP contribution is -2.29. The van der Waals surface area contributed by atoms with E-state index in [2.05, 4.69) is 32.1 Å². The molecule has 0 spiro atoms. The third kappa shape index (κ3) is 4.08. The predicted octanol–water partition coefficient (Wildman–Crippen LogP) is 2.18. The van der Waals surface area contributed by atoms with Gasteiger partial charge in [-0.15, -0.1) is 0 Å². The topological polar surface area (TPSA) is 61.4 Å². The van der Waals surface area contributed by atoms with Crippen molar-refractivity contribution in [3.63, 3.8) is 0 Å². The summed E-state index contributed by atoms with van der Waals surface area (Å²) in [4.78, 5) is 25.7. The molecule has 0 atom stereocenters. The van der Waals surface area contributed by atoms with Crippen molar-refractivity contribution in [2.45, 2.75) is 13.3 Å². The standard InChI is InChI=1S/C18H23N5O/c1-14-5-3-6-16(20-14)21-18(24)15-7-8-17(19-13-15)23-10-4-9-22(2)11-12-23/h3,5-8,13H,4,9-12H2,1-2H3,(H,20,21,24). The zero-order chi connectivity index (χ0) is 16.9. The maximum atomic E-state index is 12.3. The second-order valence-corrected chi connectivity index (χ2v) is 6.17. The van der Waals surface area contributed by atoms with Crippen LogP contribution in [0.1, 0.15) is 22.5 Å². The van der Waals surface area contributed by atoms with Gasteiger partial charge in [0, 0.05) is 31.5 Å². The van der Waals surface area contributed by atoms with Gasteiger partial charge in [0.2, 0.25) is 0 Å². The summed E-state index contributed by atoms with van der Waals surface area (Å²) in [6.07, 6.45) is 2.76. The maximum absolute atomic E-state index is 12.3. The summed E-state index contributed by atoms with van der Waals surface area (Å²) in [5.74, 6) is 1.29. The Morgan fingerprint density at radius 2 is 2.00 bits per heavy atom. The van der Waals surface area contributed by atoms with Crippen LogP contribution in [0.15, 0.2) is 36.5 Å². The van der Waals surface area contributed by atoms with E-state index in [-0.39, 0.29) is 5.91 Å². The monoisotopic (exact) mass is 325 g/mol. The van der Waals surface area contributed by atoms with Crippen LogP contribution in [0.2, 0.25) is 0 Å². The minimum atomic E-state index is -0.192. The van der Waals surface area contributed by atoms with Gasteiger partial charge in [0.15, 0.2) is 0 Å². The van der Waals surface area contributed by atoms with Crippen LogP contribution >= 0.6 is 0 Å². The quantitative estimate of drug-likeness (QED) is 0.937. The van der Waals surface area contributed by atoms with Crippen LogP contribution in [0.4, 0.5) is 11.6 Å². The van der Waals surface area contributed by atoms with Crippen LogP contribution in [-0.4, -0.2) is 54.0 Å². The Bertz CT molecular complexity index is 701. The summed E-state index contributed by atoms with van der Waals surface area (Å²) in [6.45, 7) is 5.99. The number of aromatic nitrogens is 2. The minimum Gasteiger partial charge on any atom is -0.355 e. The third-order valence-corrected chi connectivity index (χ3v) is 4.18. The fourth-order valence-corrected chi connectivity index (χ4v) is 2.78. The van der Waals surface area contributed by atoms with Crippen LogP contribution in [0.25, 0.3) is 0 Å². The minimum absolute atomic E-state index is 0.192. The molecule has 1 saturated heterocycles. The summed E-state index contributed by atoms with van der Waals surface area (Å²) in [6, 6.07) is 9.28. The van der Waals surface area contributed by atoms with Gasteiger partial charge >= 0.3 is 0 Å². The zero-order valence-corrected chi connectivity index (χ0v) is 14.2. The van der Waals surface area contributed by atoms with E-state index in [9.17, 15) is 4.79 Å². The lowest BCUT2D eigenvalue weighted by Gasteiger charge is -2.21. The molecule has 1 aliphatic heterocycles. The fourth-order valence-electron chi connectivity index (χ4n) is 2.78. The van der Waals surface area contributed by atoms with Crippen molar-refractivity contribution in [3.8, 4) is 0 Å². The van der Waals surface area contributed by atoms with Crippen molar-refractivity contribution in [1.82, 2.24) is 14.9 Å². The highest BCUT2D eigenvalue weighted by atomic mass is 16.1. The van der Waals surface area contributed by atoms with Crippen LogP contribution < -0.4 is 10.2 Å². The number of anilines is 2. The van der Waals surface area contributed by atoms with Crippen molar-refractivity contribution in [2.75, 3.05) is 43.4 Å². The first kappa shape index (κ1) is 16.4. The molecule has 1 aliphatic rings. The van der Waals surface area contributed by atoms with Gasteiger partial charge in [0.1, 0.15) is 11.6 Å². The Hall–Kier alpha value is -2.47. The molecule has 3 heterocycles. The molecule has 6 heteroatoms.